The van der Waals surface area contributed by atoms with Crippen LogP contribution in [0.2, 0.25) is 10.0 Å². The van der Waals surface area contributed by atoms with Crippen molar-refractivity contribution < 1.29 is 0 Å². The van der Waals surface area contributed by atoms with E-state index >= 15 is 0 Å². The fourth-order valence-corrected chi connectivity index (χ4v) is 2.11. The summed E-state index contributed by atoms with van der Waals surface area (Å²) in [6.45, 7) is 0.559. The first-order valence-electron chi connectivity index (χ1n) is 5.41. The SMILES string of the molecule is NCC(c1ccc(Cl)cc1)c1ccc(Cl)cc1. The van der Waals surface area contributed by atoms with Crippen molar-refractivity contribution in [2.24, 2.45) is 5.73 Å². The summed E-state index contributed by atoms with van der Waals surface area (Å²) in [4.78, 5) is 0. The Kier molecular flexibility index (Phi) is 4.06. The molecule has 0 aliphatic carbocycles. The van der Waals surface area contributed by atoms with E-state index in [0.29, 0.717) is 6.54 Å². The van der Waals surface area contributed by atoms with Crippen molar-refractivity contribution >= 4 is 23.2 Å². The number of halogens is 2. The summed E-state index contributed by atoms with van der Waals surface area (Å²) in [7, 11) is 0. The van der Waals surface area contributed by atoms with E-state index in [1.54, 1.807) is 0 Å². The summed E-state index contributed by atoms with van der Waals surface area (Å²) >= 11 is 11.8. The van der Waals surface area contributed by atoms with Gasteiger partial charge in [0, 0.05) is 22.5 Å². The minimum Gasteiger partial charge on any atom is -0.330 e. The van der Waals surface area contributed by atoms with Gasteiger partial charge in [-0.1, -0.05) is 47.5 Å². The third kappa shape index (κ3) is 3.01. The molecule has 0 saturated carbocycles. The molecule has 3 heteroatoms. The molecule has 2 aromatic rings. The van der Waals surface area contributed by atoms with Gasteiger partial charge in [-0.25, -0.2) is 0 Å². The molecule has 1 nitrogen and oxygen atoms in total. The predicted octanol–water partition coefficient (Wildman–Crippen LogP) is 4.08. The van der Waals surface area contributed by atoms with Gasteiger partial charge in [-0.05, 0) is 35.4 Å². The molecule has 0 radical (unpaired) electrons. The smallest absolute Gasteiger partial charge is 0.0406 e. The van der Waals surface area contributed by atoms with Gasteiger partial charge in [0.25, 0.3) is 0 Å². The molecule has 0 bridgehead atoms. The number of hydrogen-bond acceptors (Lipinski definition) is 1. The average molecular weight is 266 g/mol. The Labute approximate surface area is 111 Å². The van der Waals surface area contributed by atoms with Crippen LogP contribution >= 0.6 is 23.2 Å². The lowest BCUT2D eigenvalue weighted by Crippen LogP contribution is -2.13. The summed E-state index contributed by atoms with van der Waals surface area (Å²) in [5.41, 5.74) is 8.18. The average Bonchev–Trinajstić information content (AvgIpc) is 2.35. The van der Waals surface area contributed by atoms with E-state index < -0.39 is 0 Å². The van der Waals surface area contributed by atoms with Gasteiger partial charge in [-0.3, -0.25) is 0 Å². The second kappa shape index (κ2) is 5.54. The first-order valence-corrected chi connectivity index (χ1v) is 6.17. The first-order chi connectivity index (χ1) is 8.20. The van der Waals surface area contributed by atoms with Crippen LogP contribution in [0.15, 0.2) is 48.5 Å². The van der Waals surface area contributed by atoms with E-state index in [-0.39, 0.29) is 5.92 Å². The van der Waals surface area contributed by atoms with Gasteiger partial charge in [0.2, 0.25) is 0 Å². The molecule has 17 heavy (non-hydrogen) atoms. The highest BCUT2D eigenvalue weighted by atomic mass is 35.5. The summed E-state index contributed by atoms with van der Waals surface area (Å²) in [6.07, 6.45) is 0. The summed E-state index contributed by atoms with van der Waals surface area (Å²) < 4.78 is 0. The second-order valence-electron chi connectivity index (χ2n) is 3.89. The third-order valence-corrected chi connectivity index (χ3v) is 3.28. The molecule has 2 N–H and O–H groups in total. The Morgan fingerprint density at radius 2 is 1.12 bits per heavy atom. The molecule has 2 rings (SSSR count). The molecule has 0 aliphatic heterocycles. The first kappa shape index (κ1) is 12.4. The normalized spacial score (nSPS) is 10.8. The van der Waals surface area contributed by atoms with Gasteiger partial charge < -0.3 is 5.73 Å². The molecular weight excluding hydrogens is 253 g/mol. The van der Waals surface area contributed by atoms with Crippen LogP contribution in [0, 0.1) is 0 Å². The van der Waals surface area contributed by atoms with Crippen molar-refractivity contribution in [1.82, 2.24) is 0 Å². The highest BCUT2D eigenvalue weighted by Gasteiger charge is 2.11. The van der Waals surface area contributed by atoms with Crippen LogP contribution in [-0.2, 0) is 0 Å². The number of rotatable bonds is 3. The molecular formula is C14H13Cl2N. The molecule has 0 fully saturated rings. The summed E-state index contributed by atoms with van der Waals surface area (Å²) in [6, 6.07) is 15.6. The monoisotopic (exact) mass is 265 g/mol. The lowest BCUT2D eigenvalue weighted by Gasteiger charge is -2.16. The minimum absolute atomic E-state index is 0.185. The van der Waals surface area contributed by atoms with Crippen LogP contribution in [-0.4, -0.2) is 6.54 Å². The molecule has 2 aromatic carbocycles. The quantitative estimate of drug-likeness (QED) is 0.889. The highest BCUT2D eigenvalue weighted by Crippen LogP contribution is 2.25. The third-order valence-electron chi connectivity index (χ3n) is 2.78. The fraction of sp³-hybridized carbons (Fsp3) is 0.143. The Morgan fingerprint density at radius 1 is 0.765 bits per heavy atom. The van der Waals surface area contributed by atoms with Crippen molar-refractivity contribution in [3.63, 3.8) is 0 Å². The van der Waals surface area contributed by atoms with E-state index in [2.05, 4.69) is 0 Å². The number of hydrogen-bond donors (Lipinski definition) is 1. The maximum absolute atomic E-state index is 5.88. The Bertz CT molecular complexity index is 431. The Hall–Kier alpha value is -1.02. The molecule has 0 heterocycles. The van der Waals surface area contributed by atoms with Crippen LogP contribution in [0.1, 0.15) is 17.0 Å². The molecule has 0 atom stereocenters. The number of nitrogens with two attached hydrogens (primary N) is 1. The maximum Gasteiger partial charge on any atom is 0.0406 e. The van der Waals surface area contributed by atoms with Crippen LogP contribution < -0.4 is 5.73 Å². The van der Waals surface area contributed by atoms with E-state index in [4.69, 9.17) is 28.9 Å². The molecule has 0 aliphatic rings. The zero-order valence-corrected chi connectivity index (χ0v) is 10.7. The molecule has 0 unspecified atom stereocenters. The van der Waals surface area contributed by atoms with Crippen LogP contribution in [0.3, 0.4) is 0 Å². The van der Waals surface area contributed by atoms with Gasteiger partial charge >= 0.3 is 0 Å². The largest absolute Gasteiger partial charge is 0.330 e. The molecule has 0 aromatic heterocycles. The lowest BCUT2D eigenvalue weighted by atomic mass is 9.91. The fourth-order valence-electron chi connectivity index (χ4n) is 1.85. The van der Waals surface area contributed by atoms with Gasteiger partial charge in [0.15, 0.2) is 0 Å². The summed E-state index contributed by atoms with van der Waals surface area (Å²) in [5.74, 6) is 0.185. The molecule has 0 spiro atoms. The van der Waals surface area contributed by atoms with Gasteiger partial charge in [0.1, 0.15) is 0 Å². The topological polar surface area (TPSA) is 26.0 Å². The van der Waals surface area contributed by atoms with Crippen molar-refractivity contribution in [2.45, 2.75) is 5.92 Å². The van der Waals surface area contributed by atoms with Gasteiger partial charge in [0.05, 0.1) is 0 Å². The van der Waals surface area contributed by atoms with E-state index in [1.165, 1.54) is 11.1 Å². The van der Waals surface area contributed by atoms with Crippen molar-refractivity contribution in [3.05, 3.63) is 69.7 Å². The van der Waals surface area contributed by atoms with Gasteiger partial charge in [-0.2, -0.15) is 0 Å². The number of benzene rings is 2. The second-order valence-corrected chi connectivity index (χ2v) is 4.76. The maximum atomic E-state index is 5.88. The van der Waals surface area contributed by atoms with E-state index in [9.17, 15) is 0 Å². The van der Waals surface area contributed by atoms with E-state index in [1.807, 2.05) is 48.5 Å². The molecule has 0 amide bonds. The predicted molar refractivity (Wildman–Crippen MR) is 73.8 cm³/mol. The molecule has 88 valence electrons. The molecule has 0 saturated heterocycles. The van der Waals surface area contributed by atoms with Gasteiger partial charge in [-0.15, -0.1) is 0 Å². The summed E-state index contributed by atoms with van der Waals surface area (Å²) in [5, 5.41) is 1.47. The van der Waals surface area contributed by atoms with Crippen molar-refractivity contribution in [2.75, 3.05) is 6.54 Å². The van der Waals surface area contributed by atoms with Crippen LogP contribution in [0.25, 0.3) is 0 Å². The lowest BCUT2D eigenvalue weighted by molar-refractivity contribution is 0.819. The van der Waals surface area contributed by atoms with Crippen molar-refractivity contribution in [3.8, 4) is 0 Å². The zero-order valence-electron chi connectivity index (χ0n) is 9.24. The van der Waals surface area contributed by atoms with Crippen LogP contribution in [0.5, 0.6) is 0 Å². The zero-order chi connectivity index (χ0) is 12.3. The Morgan fingerprint density at radius 3 is 1.41 bits per heavy atom. The van der Waals surface area contributed by atoms with Crippen LogP contribution in [0.4, 0.5) is 0 Å². The van der Waals surface area contributed by atoms with E-state index in [0.717, 1.165) is 10.0 Å². The Balaban J connectivity index is 2.33. The van der Waals surface area contributed by atoms with Crippen molar-refractivity contribution in [1.29, 1.82) is 0 Å². The highest BCUT2D eigenvalue weighted by molar-refractivity contribution is 6.30. The standard InChI is InChI=1S/C14H13Cl2N/c15-12-5-1-10(2-6-12)14(9-17)11-3-7-13(16)8-4-11/h1-8,14H,9,17H2. The minimum atomic E-state index is 0.185.